The second-order valence-electron chi connectivity index (χ2n) is 5.74. The van der Waals surface area contributed by atoms with Gasteiger partial charge in [-0.2, -0.15) is 15.2 Å². The van der Waals surface area contributed by atoms with Gasteiger partial charge in [0.15, 0.2) is 5.82 Å². The zero-order chi connectivity index (χ0) is 21.2. The average molecular weight is 440 g/mol. The van der Waals surface area contributed by atoms with Gasteiger partial charge in [0.05, 0.1) is 36.4 Å². The number of H-pyrrole nitrogens is 1. The van der Waals surface area contributed by atoms with Crippen molar-refractivity contribution in [1.82, 2.24) is 15.0 Å². The number of nitrogens with zero attached hydrogens (tertiary/aromatic N) is 3. The number of ether oxygens (including phenoxy) is 2. The van der Waals surface area contributed by atoms with Crippen LogP contribution in [0.5, 0.6) is 11.8 Å². The Kier molecular flexibility index (Phi) is 5.76. The van der Waals surface area contributed by atoms with Crippen LogP contribution in [0.1, 0.15) is 12.0 Å². The lowest BCUT2D eigenvalue weighted by Crippen LogP contribution is -2.16. The van der Waals surface area contributed by atoms with Crippen molar-refractivity contribution in [3.05, 3.63) is 34.7 Å². The molecule has 0 aliphatic carbocycles. The molecule has 0 unspecified atom stereocenters. The van der Waals surface area contributed by atoms with Crippen molar-refractivity contribution < 1.29 is 22.3 Å². The average Bonchev–Trinajstić information content (AvgIpc) is 3.14. The third kappa shape index (κ3) is 3.90. The van der Waals surface area contributed by atoms with Crippen LogP contribution in [0.2, 0.25) is 5.02 Å². The Balaban J connectivity index is 2.03. The van der Waals surface area contributed by atoms with Gasteiger partial charge in [-0.25, -0.2) is 17.5 Å². The molecule has 0 radical (unpaired) electrons. The number of sulfonamides is 1. The lowest BCUT2D eigenvalue weighted by atomic mass is 10.2. The van der Waals surface area contributed by atoms with Crippen LogP contribution in [0.3, 0.4) is 0 Å². The highest BCUT2D eigenvalue weighted by Crippen LogP contribution is 2.31. The van der Waals surface area contributed by atoms with E-state index in [9.17, 15) is 12.8 Å². The minimum atomic E-state index is -4.19. The van der Waals surface area contributed by atoms with E-state index in [2.05, 4.69) is 19.7 Å². The van der Waals surface area contributed by atoms with E-state index in [-0.39, 0.29) is 51.4 Å². The summed E-state index contributed by atoms with van der Waals surface area (Å²) < 4.78 is 52.4. The van der Waals surface area contributed by atoms with Crippen LogP contribution in [0.15, 0.2) is 23.2 Å². The van der Waals surface area contributed by atoms with Crippen LogP contribution in [0, 0.1) is 17.1 Å². The Morgan fingerprint density at radius 1 is 1.28 bits per heavy atom. The number of benzene rings is 1. The van der Waals surface area contributed by atoms with E-state index < -0.39 is 15.8 Å². The number of aromatic nitrogens is 3. The molecule has 0 atom stereocenters. The second-order valence-corrected chi connectivity index (χ2v) is 7.80. The van der Waals surface area contributed by atoms with Gasteiger partial charge in [0.1, 0.15) is 4.90 Å². The van der Waals surface area contributed by atoms with Crippen molar-refractivity contribution in [2.24, 2.45) is 0 Å². The lowest BCUT2D eigenvalue weighted by molar-refractivity contribution is 0.364. The zero-order valence-electron chi connectivity index (χ0n) is 15.3. The number of hydrogen-bond acceptors (Lipinski definition) is 7. The number of rotatable bonds is 7. The maximum Gasteiger partial charge on any atom is 0.266 e. The molecule has 0 aliphatic heterocycles. The molecule has 0 amide bonds. The SMILES string of the molecule is COc1nc(NS(=O)(=O)c2c[nH]c3c(F)c(Cl)ccc23)nc(OC)c1CCC#N. The Morgan fingerprint density at radius 3 is 2.52 bits per heavy atom. The smallest absolute Gasteiger partial charge is 0.266 e. The molecule has 0 saturated heterocycles. The number of methoxy groups -OCH3 is 2. The van der Waals surface area contributed by atoms with E-state index >= 15 is 0 Å². The van der Waals surface area contributed by atoms with Crippen LogP contribution in [0.4, 0.5) is 10.3 Å². The van der Waals surface area contributed by atoms with Crippen LogP contribution in [0.25, 0.3) is 10.9 Å². The summed E-state index contributed by atoms with van der Waals surface area (Å²) in [6.45, 7) is 0. The third-order valence-corrected chi connectivity index (χ3v) is 5.69. The molecule has 3 rings (SSSR count). The number of nitriles is 1. The summed E-state index contributed by atoms with van der Waals surface area (Å²) in [6.07, 6.45) is 1.57. The van der Waals surface area contributed by atoms with E-state index in [4.69, 9.17) is 26.3 Å². The van der Waals surface area contributed by atoms with Crippen molar-refractivity contribution in [3.63, 3.8) is 0 Å². The predicted octanol–water partition coefficient (Wildman–Crippen LogP) is 3.02. The van der Waals surface area contributed by atoms with Crippen LogP contribution in [-0.2, 0) is 16.4 Å². The van der Waals surface area contributed by atoms with E-state index in [0.29, 0.717) is 5.56 Å². The normalized spacial score (nSPS) is 11.3. The van der Waals surface area contributed by atoms with Gasteiger partial charge in [0, 0.05) is 18.0 Å². The van der Waals surface area contributed by atoms with Crippen molar-refractivity contribution >= 4 is 38.5 Å². The fraction of sp³-hybridized carbons (Fsp3) is 0.235. The third-order valence-electron chi connectivity index (χ3n) is 4.03. The first-order valence-electron chi connectivity index (χ1n) is 8.16. The van der Waals surface area contributed by atoms with Gasteiger partial charge in [0.2, 0.25) is 17.7 Å². The molecule has 2 N–H and O–H groups in total. The maximum absolute atomic E-state index is 14.1. The fourth-order valence-electron chi connectivity index (χ4n) is 2.73. The highest BCUT2D eigenvalue weighted by molar-refractivity contribution is 7.93. The monoisotopic (exact) mass is 439 g/mol. The van der Waals surface area contributed by atoms with E-state index in [1.165, 1.54) is 26.4 Å². The van der Waals surface area contributed by atoms with Crippen molar-refractivity contribution in [2.75, 3.05) is 18.9 Å². The molecule has 2 heterocycles. The first-order chi connectivity index (χ1) is 13.8. The molecule has 1 aromatic carbocycles. The summed E-state index contributed by atoms with van der Waals surface area (Å²) >= 11 is 5.73. The Labute approximate surface area is 170 Å². The summed E-state index contributed by atoms with van der Waals surface area (Å²) in [4.78, 5) is 10.4. The highest BCUT2D eigenvalue weighted by atomic mass is 35.5. The molecular formula is C17H15ClFN5O4S. The molecule has 0 bridgehead atoms. The number of aromatic amines is 1. The number of hydrogen-bond donors (Lipinski definition) is 2. The number of nitrogens with one attached hydrogen (secondary N) is 2. The van der Waals surface area contributed by atoms with E-state index in [1.54, 1.807) is 0 Å². The minimum absolute atomic E-state index is 0.0409. The van der Waals surface area contributed by atoms with E-state index in [0.717, 1.165) is 6.20 Å². The molecule has 12 heteroatoms. The highest BCUT2D eigenvalue weighted by Gasteiger charge is 2.24. The molecule has 0 saturated carbocycles. The maximum atomic E-state index is 14.1. The van der Waals surface area contributed by atoms with Crippen molar-refractivity contribution in [3.8, 4) is 17.8 Å². The molecule has 2 aromatic heterocycles. The summed E-state index contributed by atoms with van der Waals surface area (Å²) in [5, 5.41) is 8.77. The van der Waals surface area contributed by atoms with Crippen molar-refractivity contribution in [2.45, 2.75) is 17.7 Å². The molecule has 0 spiro atoms. The number of halogens is 2. The summed E-state index contributed by atoms with van der Waals surface area (Å²) in [5.74, 6) is -0.918. The predicted molar refractivity (Wildman–Crippen MR) is 103 cm³/mol. The van der Waals surface area contributed by atoms with Gasteiger partial charge in [-0.3, -0.25) is 0 Å². The second kappa shape index (κ2) is 8.10. The van der Waals surface area contributed by atoms with Crippen LogP contribution < -0.4 is 14.2 Å². The standard InChI is InChI=1S/C17H15ClFN5O4S/c1-27-15-10(4-3-7-20)16(28-2)23-17(22-15)24-29(25,26)12-8-21-14-9(12)5-6-11(18)13(14)19/h5-6,8,21H,3-4H2,1-2H3,(H,22,23,24). The minimum Gasteiger partial charge on any atom is -0.481 e. The van der Waals surface area contributed by atoms with Crippen LogP contribution in [-0.4, -0.2) is 37.6 Å². The molecular weight excluding hydrogens is 425 g/mol. The number of fused-ring (bicyclic) bond motifs is 1. The van der Waals surface area contributed by atoms with Gasteiger partial charge in [0.25, 0.3) is 10.0 Å². The van der Waals surface area contributed by atoms with Crippen molar-refractivity contribution in [1.29, 1.82) is 5.26 Å². The first kappa shape index (κ1) is 20.6. The van der Waals surface area contributed by atoms with Gasteiger partial charge < -0.3 is 14.5 Å². The summed E-state index contributed by atoms with van der Waals surface area (Å²) in [5.41, 5.74) is 0.393. The molecule has 29 heavy (non-hydrogen) atoms. The largest absolute Gasteiger partial charge is 0.481 e. The quantitative estimate of drug-likeness (QED) is 0.578. The molecule has 9 nitrogen and oxygen atoms in total. The van der Waals surface area contributed by atoms with Gasteiger partial charge in [-0.1, -0.05) is 11.6 Å². The molecule has 152 valence electrons. The number of anilines is 1. The Morgan fingerprint density at radius 2 is 1.93 bits per heavy atom. The van der Waals surface area contributed by atoms with E-state index in [1.807, 2.05) is 6.07 Å². The van der Waals surface area contributed by atoms with Gasteiger partial charge in [-0.05, 0) is 18.6 Å². The topological polar surface area (TPSA) is 130 Å². The lowest BCUT2D eigenvalue weighted by Gasteiger charge is -2.13. The fourth-order valence-corrected chi connectivity index (χ4v) is 4.00. The molecule has 0 fully saturated rings. The Hall–Kier alpha value is -3.10. The first-order valence-corrected chi connectivity index (χ1v) is 10.0. The zero-order valence-corrected chi connectivity index (χ0v) is 16.9. The summed E-state index contributed by atoms with van der Waals surface area (Å²) in [7, 11) is -1.49. The van der Waals surface area contributed by atoms with Gasteiger partial charge >= 0.3 is 0 Å². The Bertz CT molecular complexity index is 1200. The molecule has 0 aliphatic rings. The van der Waals surface area contributed by atoms with Crippen LogP contribution >= 0.6 is 11.6 Å². The molecule has 3 aromatic rings. The van der Waals surface area contributed by atoms with Gasteiger partial charge in [-0.15, -0.1) is 0 Å². The summed E-state index contributed by atoms with van der Waals surface area (Å²) in [6, 6.07) is 4.64.